The van der Waals surface area contributed by atoms with E-state index in [9.17, 15) is 9.90 Å². The Morgan fingerprint density at radius 3 is 2.05 bits per heavy atom. The van der Waals surface area contributed by atoms with Crippen LogP contribution in [0.25, 0.3) is 0 Å². The van der Waals surface area contributed by atoms with Crippen LogP contribution in [0.1, 0.15) is 59.8 Å². The standard InChI is InChI=1S/C16H29NO2/c1-15(2)13(16(15,3)4)14(19)17(10-11-18)12-8-6-5-7-9-12/h12-13,18H,5-11H2,1-4H3. The van der Waals surface area contributed by atoms with Crippen molar-refractivity contribution in [3.63, 3.8) is 0 Å². The second-order valence-electron chi connectivity index (χ2n) is 7.42. The molecule has 0 bridgehead atoms. The molecular weight excluding hydrogens is 238 g/mol. The van der Waals surface area contributed by atoms with Gasteiger partial charge in [0, 0.05) is 18.5 Å². The average Bonchev–Trinajstić information content (AvgIpc) is 2.77. The van der Waals surface area contributed by atoms with E-state index in [0.717, 1.165) is 12.8 Å². The van der Waals surface area contributed by atoms with Gasteiger partial charge in [-0.1, -0.05) is 47.0 Å². The van der Waals surface area contributed by atoms with Crippen LogP contribution in [0, 0.1) is 16.7 Å². The van der Waals surface area contributed by atoms with Crippen molar-refractivity contribution in [1.29, 1.82) is 0 Å². The molecule has 0 atom stereocenters. The second kappa shape index (κ2) is 5.08. The van der Waals surface area contributed by atoms with Gasteiger partial charge in [-0.15, -0.1) is 0 Å². The van der Waals surface area contributed by atoms with Crippen LogP contribution in [0.2, 0.25) is 0 Å². The van der Waals surface area contributed by atoms with Crippen LogP contribution in [0.4, 0.5) is 0 Å². The SMILES string of the molecule is CC1(C)C(C(=O)N(CCO)C2CCCCC2)C1(C)C. The zero-order valence-electron chi connectivity index (χ0n) is 12.9. The summed E-state index contributed by atoms with van der Waals surface area (Å²) in [6.45, 7) is 9.34. The molecule has 19 heavy (non-hydrogen) atoms. The lowest BCUT2D eigenvalue weighted by Gasteiger charge is -2.34. The number of carbonyl (C=O) groups is 1. The van der Waals surface area contributed by atoms with Gasteiger partial charge < -0.3 is 10.0 Å². The summed E-state index contributed by atoms with van der Waals surface area (Å²) in [7, 11) is 0. The molecule has 1 amide bonds. The molecular formula is C16H29NO2. The first-order chi connectivity index (χ1) is 8.84. The molecule has 2 aliphatic rings. The van der Waals surface area contributed by atoms with E-state index < -0.39 is 0 Å². The fourth-order valence-electron chi connectivity index (χ4n) is 3.95. The number of aliphatic hydroxyl groups excluding tert-OH is 1. The van der Waals surface area contributed by atoms with Gasteiger partial charge in [0.1, 0.15) is 0 Å². The van der Waals surface area contributed by atoms with Gasteiger partial charge in [-0.25, -0.2) is 0 Å². The maximum Gasteiger partial charge on any atom is 0.227 e. The van der Waals surface area contributed by atoms with E-state index in [1.807, 2.05) is 4.90 Å². The second-order valence-corrected chi connectivity index (χ2v) is 7.42. The minimum Gasteiger partial charge on any atom is -0.395 e. The molecule has 110 valence electrons. The molecule has 1 N–H and O–H groups in total. The fraction of sp³-hybridized carbons (Fsp3) is 0.938. The maximum atomic E-state index is 12.8. The fourth-order valence-corrected chi connectivity index (χ4v) is 3.95. The normalized spacial score (nSPS) is 26.2. The Morgan fingerprint density at radius 1 is 1.11 bits per heavy atom. The minimum absolute atomic E-state index is 0.0792. The highest BCUT2D eigenvalue weighted by atomic mass is 16.3. The molecule has 0 unspecified atom stereocenters. The number of amides is 1. The Balaban J connectivity index is 2.09. The van der Waals surface area contributed by atoms with E-state index in [-0.39, 0.29) is 29.3 Å². The number of hydrogen-bond acceptors (Lipinski definition) is 2. The third-order valence-electron chi connectivity index (χ3n) is 5.91. The van der Waals surface area contributed by atoms with E-state index in [2.05, 4.69) is 27.7 Å². The lowest BCUT2D eigenvalue weighted by atomic mass is 9.93. The van der Waals surface area contributed by atoms with Crippen LogP contribution in [0.15, 0.2) is 0 Å². The molecule has 0 heterocycles. The van der Waals surface area contributed by atoms with Crippen molar-refractivity contribution < 1.29 is 9.90 Å². The average molecular weight is 267 g/mol. The number of hydrogen-bond donors (Lipinski definition) is 1. The van der Waals surface area contributed by atoms with Crippen molar-refractivity contribution in [3.05, 3.63) is 0 Å². The molecule has 2 rings (SSSR count). The molecule has 0 aromatic heterocycles. The third kappa shape index (κ3) is 2.42. The topological polar surface area (TPSA) is 40.5 Å². The molecule has 3 nitrogen and oxygen atoms in total. The van der Waals surface area contributed by atoms with Crippen LogP contribution >= 0.6 is 0 Å². The van der Waals surface area contributed by atoms with Crippen molar-refractivity contribution in [2.75, 3.05) is 13.2 Å². The van der Waals surface area contributed by atoms with Gasteiger partial charge in [-0.2, -0.15) is 0 Å². The summed E-state index contributed by atoms with van der Waals surface area (Å²) in [6.07, 6.45) is 5.95. The van der Waals surface area contributed by atoms with Crippen molar-refractivity contribution in [2.45, 2.75) is 65.8 Å². The van der Waals surface area contributed by atoms with E-state index in [4.69, 9.17) is 0 Å². The third-order valence-corrected chi connectivity index (χ3v) is 5.91. The molecule has 0 saturated heterocycles. The highest BCUT2D eigenvalue weighted by Gasteiger charge is 2.69. The van der Waals surface area contributed by atoms with Crippen molar-refractivity contribution in [2.24, 2.45) is 16.7 Å². The smallest absolute Gasteiger partial charge is 0.227 e. The first-order valence-electron chi connectivity index (χ1n) is 7.75. The van der Waals surface area contributed by atoms with Gasteiger partial charge in [0.2, 0.25) is 5.91 Å². The van der Waals surface area contributed by atoms with Gasteiger partial charge in [0.25, 0.3) is 0 Å². The zero-order chi connectivity index (χ0) is 14.3. The molecule has 0 aromatic rings. The van der Waals surface area contributed by atoms with E-state index in [0.29, 0.717) is 12.6 Å². The lowest BCUT2D eigenvalue weighted by molar-refractivity contribution is -0.137. The number of nitrogens with zero attached hydrogens (tertiary/aromatic N) is 1. The summed E-state index contributed by atoms with van der Waals surface area (Å²) in [4.78, 5) is 14.8. The summed E-state index contributed by atoms with van der Waals surface area (Å²) in [6, 6.07) is 0.362. The molecule has 2 fully saturated rings. The first-order valence-corrected chi connectivity index (χ1v) is 7.75. The summed E-state index contributed by atoms with van der Waals surface area (Å²) >= 11 is 0. The van der Waals surface area contributed by atoms with Gasteiger partial charge in [-0.05, 0) is 23.7 Å². The number of carbonyl (C=O) groups excluding carboxylic acids is 1. The molecule has 2 saturated carbocycles. The summed E-state index contributed by atoms with van der Waals surface area (Å²) < 4.78 is 0. The molecule has 0 aromatic carbocycles. The Labute approximate surface area is 117 Å². The van der Waals surface area contributed by atoms with E-state index in [1.54, 1.807) is 0 Å². The minimum atomic E-state index is 0.0792. The van der Waals surface area contributed by atoms with Crippen LogP contribution in [0.3, 0.4) is 0 Å². The molecule has 0 aliphatic heterocycles. The lowest BCUT2D eigenvalue weighted by Crippen LogP contribution is -2.44. The predicted octanol–water partition coefficient (Wildman–Crippen LogP) is 2.82. The highest BCUT2D eigenvalue weighted by molar-refractivity contribution is 5.84. The summed E-state index contributed by atoms with van der Waals surface area (Å²) in [5.41, 5.74) is 0.179. The van der Waals surface area contributed by atoms with Crippen LogP contribution < -0.4 is 0 Å². The van der Waals surface area contributed by atoms with Crippen molar-refractivity contribution >= 4 is 5.91 Å². The Bertz CT molecular complexity index is 329. The Hall–Kier alpha value is -0.570. The van der Waals surface area contributed by atoms with Crippen LogP contribution in [-0.2, 0) is 4.79 Å². The number of rotatable bonds is 4. The summed E-state index contributed by atoms with van der Waals surface area (Å²) in [5.74, 6) is 0.393. The number of aliphatic hydroxyl groups is 1. The Morgan fingerprint density at radius 2 is 1.63 bits per heavy atom. The van der Waals surface area contributed by atoms with Gasteiger partial charge in [-0.3, -0.25) is 4.79 Å². The van der Waals surface area contributed by atoms with Crippen LogP contribution in [-0.4, -0.2) is 35.1 Å². The molecule has 0 radical (unpaired) electrons. The quantitative estimate of drug-likeness (QED) is 0.851. The molecule has 0 spiro atoms. The molecule has 3 heteroatoms. The summed E-state index contributed by atoms with van der Waals surface area (Å²) in [5, 5.41) is 9.28. The largest absolute Gasteiger partial charge is 0.395 e. The van der Waals surface area contributed by atoms with Crippen molar-refractivity contribution in [1.82, 2.24) is 4.90 Å². The van der Waals surface area contributed by atoms with Gasteiger partial charge >= 0.3 is 0 Å². The van der Waals surface area contributed by atoms with E-state index in [1.165, 1.54) is 19.3 Å². The maximum absolute atomic E-state index is 12.8. The monoisotopic (exact) mass is 267 g/mol. The highest BCUT2D eigenvalue weighted by Crippen LogP contribution is 2.68. The predicted molar refractivity (Wildman–Crippen MR) is 76.7 cm³/mol. The van der Waals surface area contributed by atoms with Crippen LogP contribution in [0.5, 0.6) is 0 Å². The van der Waals surface area contributed by atoms with E-state index >= 15 is 0 Å². The first kappa shape index (κ1) is 14.8. The van der Waals surface area contributed by atoms with Gasteiger partial charge in [0.05, 0.1) is 6.61 Å². The zero-order valence-corrected chi connectivity index (χ0v) is 12.9. The van der Waals surface area contributed by atoms with Crippen molar-refractivity contribution in [3.8, 4) is 0 Å². The molecule has 2 aliphatic carbocycles. The van der Waals surface area contributed by atoms with Gasteiger partial charge in [0.15, 0.2) is 0 Å². The Kier molecular flexibility index (Phi) is 3.97.